The minimum atomic E-state index is -0.824. The Morgan fingerprint density at radius 1 is 1.15 bits per heavy atom. The van der Waals surface area contributed by atoms with Crippen LogP contribution in [-0.2, 0) is 11.3 Å². The SMILES string of the molecule is C=NN(C)C(=O)OCc1ccc(F)c(-c2cnc(NC)cn2)c1.O=Cc1c(F)cccc1F. The van der Waals surface area contributed by atoms with Crippen LogP contribution in [0.1, 0.15) is 15.9 Å². The maximum atomic E-state index is 14.0. The fourth-order valence-electron chi connectivity index (χ4n) is 2.37. The van der Waals surface area contributed by atoms with Gasteiger partial charge in [-0.15, -0.1) is 0 Å². The fourth-order valence-corrected chi connectivity index (χ4v) is 2.37. The number of hydrogen-bond donors (Lipinski definition) is 1. The summed E-state index contributed by atoms with van der Waals surface area (Å²) in [7, 11) is 3.14. The number of nitrogens with one attached hydrogen (secondary N) is 1. The summed E-state index contributed by atoms with van der Waals surface area (Å²) in [6.07, 6.45) is 2.48. The van der Waals surface area contributed by atoms with E-state index in [1.807, 2.05) is 0 Å². The van der Waals surface area contributed by atoms with Crippen molar-refractivity contribution in [2.75, 3.05) is 19.4 Å². The molecule has 0 aliphatic carbocycles. The molecule has 2 aromatic carbocycles. The Bertz CT molecular complexity index is 1110. The van der Waals surface area contributed by atoms with Crippen molar-refractivity contribution in [3.63, 3.8) is 0 Å². The highest BCUT2D eigenvalue weighted by Crippen LogP contribution is 2.22. The minimum Gasteiger partial charge on any atom is -0.443 e. The van der Waals surface area contributed by atoms with Crippen molar-refractivity contribution >= 4 is 24.9 Å². The van der Waals surface area contributed by atoms with Crippen LogP contribution in [0.3, 0.4) is 0 Å². The number of aldehydes is 1. The number of ether oxygens (including phenoxy) is 1. The van der Waals surface area contributed by atoms with E-state index in [0.717, 1.165) is 17.1 Å². The summed E-state index contributed by atoms with van der Waals surface area (Å²) < 4.78 is 43.8. The van der Waals surface area contributed by atoms with E-state index in [-0.39, 0.29) is 18.5 Å². The highest BCUT2D eigenvalue weighted by atomic mass is 19.1. The van der Waals surface area contributed by atoms with Crippen LogP contribution in [-0.4, -0.2) is 48.2 Å². The molecule has 3 aromatic rings. The molecular weight excluding hydrogens is 439 g/mol. The molecule has 0 unspecified atom stereocenters. The van der Waals surface area contributed by atoms with Crippen molar-refractivity contribution in [3.05, 3.63) is 77.4 Å². The maximum Gasteiger partial charge on any atom is 0.430 e. The number of carbonyl (C=O) groups excluding carboxylic acids is 2. The van der Waals surface area contributed by atoms with Crippen LogP contribution in [0.4, 0.5) is 23.8 Å². The first kappa shape index (κ1) is 25.0. The van der Waals surface area contributed by atoms with Gasteiger partial charge >= 0.3 is 6.09 Å². The second-order valence-corrected chi connectivity index (χ2v) is 6.32. The summed E-state index contributed by atoms with van der Waals surface area (Å²) in [5, 5.41) is 7.22. The molecule has 0 radical (unpaired) electrons. The van der Waals surface area contributed by atoms with E-state index < -0.39 is 29.1 Å². The topological polar surface area (TPSA) is 96.8 Å². The Morgan fingerprint density at radius 2 is 1.85 bits per heavy atom. The lowest BCUT2D eigenvalue weighted by Crippen LogP contribution is -2.21. The molecule has 1 heterocycles. The summed E-state index contributed by atoms with van der Waals surface area (Å²) in [4.78, 5) is 29.7. The Morgan fingerprint density at radius 3 is 2.36 bits per heavy atom. The van der Waals surface area contributed by atoms with Crippen LogP contribution in [0.2, 0.25) is 0 Å². The van der Waals surface area contributed by atoms with Crippen molar-refractivity contribution in [1.29, 1.82) is 0 Å². The summed E-state index contributed by atoms with van der Waals surface area (Å²) >= 11 is 0. The lowest BCUT2D eigenvalue weighted by molar-refractivity contribution is 0.106. The minimum absolute atomic E-state index is 0.0198. The van der Waals surface area contributed by atoms with Gasteiger partial charge < -0.3 is 10.1 Å². The Hall–Kier alpha value is -4.28. The predicted molar refractivity (Wildman–Crippen MR) is 116 cm³/mol. The van der Waals surface area contributed by atoms with E-state index in [4.69, 9.17) is 4.74 Å². The molecule has 8 nitrogen and oxygen atoms in total. The van der Waals surface area contributed by atoms with Crippen molar-refractivity contribution in [2.45, 2.75) is 6.61 Å². The van der Waals surface area contributed by atoms with Crippen molar-refractivity contribution < 1.29 is 27.5 Å². The van der Waals surface area contributed by atoms with E-state index in [2.05, 4.69) is 27.1 Å². The lowest BCUT2D eigenvalue weighted by Gasteiger charge is -2.11. The summed E-state index contributed by atoms with van der Waals surface area (Å²) in [6.45, 7) is 3.20. The van der Waals surface area contributed by atoms with E-state index in [1.54, 1.807) is 13.1 Å². The number of hydrazone groups is 1. The van der Waals surface area contributed by atoms with Crippen molar-refractivity contribution in [2.24, 2.45) is 5.10 Å². The van der Waals surface area contributed by atoms with Gasteiger partial charge in [0.1, 0.15) is 29.9 Å². The number of anilines is 1. The van der Waals surface area contributed by atoms with Gasteiger partial charge in [-0.1, -0.05) is 12.1 Å². The van der Waals surface area contributed by atoms with E-state index >= 15 is 0 Å². The molecule has 0 atom stereocenters. The highest BCUT2D eigenvalue weighted by Gasteiger charge is 2.11. The zero-order valence-corrected chi connectivity index (χ0v) is 17.8. The summed E-state index contributed by atoms with van der Waals surface area (Å²) in [5.41, 5.74) is 0.776. The normalized spacial score (nSPS) is 9.85. The average Bonchev–Trinajstić information content (AvgIpc) is 2.83. The number of aromatic nitrogens is 2. The molecule has 33 heavy (non-hydrogen) atoms. The first-order chi connectivity index (χ1) is 15.8. The van der Waals surface area contributed by atoms with Crippen LogP contribution >= 0.6 is 0 Å². The van der Waals surface area contributed by atoms with Gasteiger partial charge in [0.15, 0.2) is 6.29 Å². The first-order valence-electron chi connectivity index (χ1n) is 9.35. The van der Waals surface area contributed by atoms with Crippen molar-refractivity contribution in [3.8, 4) is 11.3 Å². The van der Waals surface area contributed by atoms with E-state index in [1.165, 1.54) is 37.6 Å². The van der Waals surface area contributed by atoms with Crippen molar-refractivity contribution in [1.82, 2.24) is 15.0 Å². The third kappa shape index (κ3) is 6.86. The number of halogens is 3. The van der Waals surface area contributed by atoms with Gasteiger partial charge in [-0.25, -0.2) is 28.0 Å². The Balaban J connectivity index is 0.000000321. The molecular formula is C22H20F3N5O3. The van der Waals surface area contributed by atoms with E-state index in [0.29, 0.717) is 17.1 Å². The molecule has 11 heteroatoms. The first-order valence-corrected chi connectivity index (χ1v) is 9.35. The van der Waals surface area contributed by atoms with Crippen LogP contribution in [0, 0.1) is 17.5 Å². The van der Waals surface area contributed by atoms with Crippen LogP contribution in [0.5, 0.6) is 0 Å². The molecule has 0 saturated carbocycles. The van der Waals surface area contributed by atoms with Gasteiger partial charge in [-0.05, 0) is 29.8 Å². The van der Waals surface area contributed by atoms with E-state index in [9.17, 15) is 22.8 Å². The van der Waals surface area contributed by atoms with Crippen LogP contribution in [0.15, 0.2) is 53.9 Å². The van der Waals surface area contributed by atoms with Gasteiger partial charge in [-0.2, -0.15) is 5.10 Å². The second-order valence-electron chi connectivity index (χ2n) is 6.32. The zero-order valence-electron chi connectivity index (χ0n) is 17.8. The van der Waals surface area contributed by atoms with Crippen LogP contribution in [0.25, 0.3) is 11.3 Å². The Labute approximate surface area is 187 Å². The van der Waals surface area contributed by atoms with Gasteiger partial charge in [0.25, 0.3) is 0 Å². The van der Waals surface area contributed by atoms with Crippen LogP contribution < -0.4 is 5.32 Å². The molecule has 0 spiro atoms. The largest absolute Gasteiger partial charge is 0.443 e. The standard InChI is InChI=1S/C15H16FN5O2.C7H4F2O/c1-17-14-8-19-13(7-20-14)11-6-10(4-5-12(11)16)9-23-15(22)21(3)18-2;8-6-2-1-3-7(9)5(6)4-10/h4-8H,2,9H2,1,3H3,(H,17,20);1-4H. The average molecular weight is 459 g/mol. The molecule has 0 bridgehead atoms. The third-order valence-corrected chi connectivity index (χ3v) is 4.17. The fraction of sp³-hybridized carbons (Fsp3) is 0.136. The highest BCUT2D eigenvalue weighted by molar-refractivity contribution is 5.75. The smallest absolute Gasteiger partial charge is 0.430 e. The molecule has 0 fully saturated rings. The molecule has 0 aliphatic heterocycles. The number of amides is 1. The predicted octanol–water partition coefficient (Wildman–Crippen LogP) is 4.29. The molecule has 3 rings (SSSR count). The second kappa shape index (κ2) is 11.9. The summed E-state index contributed by atoms with van der Waals surface area (Å²) in [5.74, 6) is -1.50. The van der Waals surface area contributed by atoms with Gasteiger partial charge in [0.2, 0.25) is 0 Å². The number of hydrogen-bond acceptors (Lipinski definition) is 7. The lowest BCUT2D eigenvalue weighted by atomic mass is 10.1. The summed E-state index contributed by atoms with van der Waals surface area (Å²) in [6, 6.07) is 7.66. The van der Waals surface area contributed by atoms with Gasteiger partial charge in [-0.3, -0.25) is 9.78 Å². The maximum absolute atomic E-state index is 14.0. The molecule has 1 aromatic heterocycles. The number of nitrogens with zero attached hydrogens (tertiary/aromatic N) is 4. The molecule has 0 saturated heterocycles. The monoisotopic (exact) mass is 459 g/mol. The molecule has 0 aliphatic rings. The number of carbonyl (C=O) groups is 2. The Kier molecular flexibility index (Phi) is 9.04. The zero-order chi connectivity index (χ0) is 24.4. The van der Waals surface area contributed by atoms with Gasteiger partial charge in [0.05, 0.1) is 23.7 Å². The van der Waals surface area contributed by atoms with Gasteiger partial charge in [0, 0.05) is 26.4 Å². The molecule has 172 valence electrons. The quantitative estimate of drug-likeness (QED) is 0.336. The number of benzene rings is 2. The molecule has 1 N–H and O–H groups in total. The third-order valence-electron chi connectivity index (χ3n) is 4.17. The molecule has 1 amide bonds. The number of rotatable bonds is 6.